The van der Waals surface area contributed by atoms with Crippen LogP contribution in [0.3, 0.4) is 0 Å². The minimum Gasteiger partial charge on any atom is -0.351 e. The Hall–Kier alpha value is -3.84. The van der Waals surface area contributed by atoms with Gasteiger partial charge in [-0.2, -0.15) is 18.4 Å². The van der Waals surface area contributed by atoms with E-state index in [1.165, 1.54) is 30.0 Å². The van der Waals surface area contributed by atoms with Crippen LogP contribution in [-0.2, 0) is 11.0 Å². The van der Waals surface area contributed by atoms with Crippen molar-refractivity contribution in [2.24, 2.45) is 0 Å². The van der Waals surface area contributed by atoms with Crippen molar-refractivity contribution >= 4 is 24.0 Å². The molecule has 34 heavy (non-hydrogen) atoms. The first-order valence-electron chi connectivity index (χ1n) is 10.00. The second-order valence-corrected chi connectivity index (χ2v) is 8.26. The van der Waals surface area contributed by atoms with Crippen molar-refractivity contribution in [3.63, 3.8) is 0 Å². The van der Waals surface area contributed by atoms with Crippen molar-refractivity contribution in [2.45, 2.75) is 29.3 Å². The number of aldehydes is 1. The van der Waals surface area contributed by atoms with Crippen molar-refractivity contribution in [3.8, 4) is 11.8 Å². The van der Waals surface area contributed by atoms with Gasteiger partial charge < -0.3 is 10.1 Å². The summed E-state index contributed by atoms with van der Waals surface area (Å²) < 4.78 is 40.9. The third-order valence-corrected chi connectivity index (χ3v) is 5.98. The van der Waals surface area contributed by atoms with Gasteiger partial charge in [-0.3, -0.25) is 14.2 Å². The Bertz CT molecular complexity index is 1330. The van der Waals surface area contributed by atoms with Crippen molar-refractivity contribution in [3.05, 3.63) is 87.3 Å². The van der Waals surface area contributed by atoms with Gasteiger partial charge in [-0.25, -0.2) is 0 Å². The number of carbonyl (C=O) groups excluding carboxylic acids is 2. The molecule has 1 amide bonds. The van der Waals surface area contributed by atoms with E-state index in [0.29, 0.717) is 27.3 Å². The molecular formula is C24H18F3N3O3S. The fourth-order valence-corrected chi connectivity index (χ4v) is 4.08. The van der Waals surface area contributed by atoms with Gasteiger partial charge in [-0.1, -0.05) is 17.8 Å². The summed E-state index contributed by atoms with van der Waals surface area (Å²) >= 11 is 1.19. The molecule has 0 unspecified atom stereocenters. The van der Waals surface area contributed by atoms with Crippen molar-refractivity contribution in [2.75, 3.05) is 6.54 Å². The maximum atomic E-state index is 13.3. The van der Waals surface area contributed by atoms with Gasteiger partial charge in [0.15, 0.2) is 0 Å². The molecule has 0 aliphatic rings. The van der Waals surface area contributed by atoms with E-state index in [2.05, 4.69) is 5.32 Å². The van der Waals surface area contributed by atoms with Crippen LogP contribution in [0.15, 0.2) is 69.2 Å². The monoisotopic (exact) mass is 485 g/mol. The fourth-order valence-electron chi connectivity index (χ4n) is 3.14. The van der Waals surface area contributed by atoms with E-state index in [0.717, 1.165) is 16.7 Å². The summed E-state index contributed by atoms with van der Waals surface area (Å²) in [5, 5.41) is 11.5. The SMILES string of the molecule is Cc1c(Sc2ccc(C#N)cc2)cc(C(=O)NCCC=O)c(=O)n1-c1cccc(C(F)(F)F)c1. The van der Waals surface area contributed by atoms with Crippen molar-refractivity contribution < 1.29 is 22.8 Å². The van der Waals surface area contributed by atoms with Crippen LogP contribution in [0.1, 0.15) is 33.6 Å². The molecule has 1 heterocycles. The minimum atomic E-state index is -4.61. The third kappa shape index (κ3) is 5.55. The standard InChI is InChI=1S/C24H18F3N3O3S/c1-15-21(34-19-8-6-16(14-28)7-9-19)13-20(22(32)29-10-3-11-31)23(33)30(15)18-5-2-4-17(12-18)24(25,26)27/h2,4-9,11-13H,3,10H2,1H3,(H,29,32). The summed E-state index contributed by atoms with van der Waals surface area (Å²) in [6, 6.07) is 14.3. The maximum absolute atomic E-state index is 13.3. The van der Waals surface area contributed by atoms with Gasteiger partial charge in [0.25, 0.3) is 11.5 Å². The second-order valence-electron chi connectivity index (χ2n) is 7.15. The molecule has 6 nitrogen and oxygen atoms in total. The number of pyridine rings is 1. The predicted molar refractivity (Wildman–Crippen MR) is 120 cm³/mol. The number of nitriles is 1. The predicted octanol–water partition coefficient (Wildman–Crippen LogP) is 4.51. The Morgan fingerprint density at radius 1 is 1.18 bits per heavy atom. The van der Waals surface area contributed by atoms with Crippen molar-refractivity contribution in [1.82, 2.24) is 9.88 Å². The number of alkyl halides is 3. The largest absolute Gasteiger partial charge is 0.416 e. The average molecular weight is 485 g/mol. The van der Waals surface area contributed by atoms with Crippen LogP contribution in [0.4, 0.5) is 13.2 Å². The first-order chi connectivity index (χ1) is 16.2. The maximum Gasteiger partial charge on any atom is 0.416 e. The van der Waals surface area contributed by atoms with E-state index in [4.69, 9.17) is 5.26 Å². The molecule has 0 radical (unpaired) electrons. The number of rotatable bonds is 7. The number of nitrogens with one attached hydrogen (secondary N) is 1. The first kappa shape index (κ1) is 24.8. The van der Waals surface area contributed by atoms with E-state index >= 15 is 0 Å². The normalized spacial score (nSPS) is 11.0. The number of hydrogen-bond donors (Lipinski definition) is 1. The molecular weight excluding hydrogens is 467 g/mol. The molecule has 2 aromatic carbocycles. The quantitative estimate of drug-likeness (QED) is 0.393. The molecule has 0 bridgehead atoms. The van der Waals surface area contributed by atoms with E-state index in [1.54, 1.807) is 31.2 Å². The molecule has 0 fully saturated rings. The summed E-state index contributed by atoms with van der Waals surface area (Å²) in [6.07, 6.45) is -3.95. The number of carbonyl (C=O) groups is 2. The average Bonchev–Trinajstić information content (AvgIpc) is 2.81. The van der Waals surface area contributed by atoms with Crippen LogP contribution < -0.4 is 10.9 Å². The lowest BCUT2D eigenvalue weighted by Gasteiger charge is -2.17. The number of amides is 1. The molecule has 0 aliphatic heterocycles. The van der Waals surface area contributed by atoms with Crippen LogP contribution in [0, 0.1) is 18.3 Å². The smallest absolute Gasteiger partial charge is 0.351 e. The van der Waals surface area contributed by atoms with E-state index < -0.39 is 23.2 Å². The van der Waals surface area contributed by atoms with Crippen LogP contribution >= 0.6 is 11.8 Å². The van der Waals surface area contributed by atoms with Gasteiger partial charge in [-0.05, 0) is 55.5 Å². The Kier molecular flexibility index (Phi) is 7.58. The van der Waals surface area contributed by atoms with Crippen molar-refractivity contribution in [1.29, 1.82) is 5.26 Å². The van der Waals surface area contributed by atoms with Gasteiger partial charge >= 0.3 is 6.18 Å². The highest BCUT2D eigenvalue weighted by molar-refractivity contribution is 7.99. The number of halogens is 3. The van der Waals surface area contributed by atoms with Crippen LogP contribution in [0.5, 0.6) is 0 Å². The van der Waals surface area contributed by atoms with E-state index in [9.17, 15) is 27.6 Å². The summed E-state index contributed by atoms with van der Waals surface area (Å²) in [7, 11) is 0. The summed E-state index contributed by atoms with van der Waals surface area (Å²) in [5.41, 5.74) is -1.25. The Morgan fingerprint density at radius 2 is 1.88 bits per heavy atom. The molecule has 3 aromatic rings. The third-order valence-electron chi connectivity index (χ3n) is 4.84. The van der Waals surface area contributed by atoms with Gasteiger partial charge in [-0.15, -0.1) is 0 Å². The Balaban J connectivity index is 2.17. The van der Waals surface area contributed by atoms with Gasteiger partial charge in [0.05, 0.1) is 17.2 Å². The molecule has 174 valence electrons. The summed E-state index contributed by atoms with van der Waals surface area (Å²) in [4.78, 5) is 37.6. The van der Waals surface area contributed by atoms with E-state index in [1.807, 2.05) is 6.07 Å². The number of benzene rings is 2. The summed E-state index contributed by atoms with van der Waals surface area (Å²) in [6.45, 7) is 1.58. The molecule has 0 saturated carbocycles. The molecule has 3 rings (SSSR count). The van der Waals surface area contributed by atoms with Crippen LogP contribution in [0.2, 0.25) is 0 Å². The lowest BCUT2D eigenvalue weighted by Crippen LogP contribution is -2.34. The van der Waals surface area contributed by atoms with Crippen LogP contribution in [-0.4, -0.2) is 23.3 Å². The highest BCUT2D eigenvalue weighted by Crippen LogP contribution is 2.33. The lowest BCUT2D eigenvalue weighted by atomic mass is 10.1. The van der Waals surface area contributed by atoms with Gasteiger partial charge in [0, 0.05) is 34.1 Å². The van der Waals surface area contributed by atoms with Gasteiger partial charge in [0.2, 0.25) is 0 Å². The minimum absolute atomic E-state index is 0.0112. The molecule has 0 atom stereocenters. The van der Waals surface area contributed by atoms with Gasteiger partial charge in [0.1, 0.15) is 11.8 Å². The first-order valence-corrected chi connectivity index (χ1v) is 10.8. The zero-order chi connectivity index (χ0) is 24.9. The molecule has 1 N–H and O–H groups in total. The van der Waals surface area contributed by atoms with E-state index in [-0.39, 0.29) is 24.2 Å². The molecule has 10 heteroatoms. The molecule has 0 spiro atoms. The number of nitrogens with zero attached hydrogens (tertiary/aromatic N) is 2. The lowest BCUT2D eigenvalue weighted by molar-refractivity contribution is -0.137. The summed E-state index contributed by atoms with van der Waals surface area (Å²) in [5.74, 6) is -0.741. The van der Waals surface area contributed by atoms with Crippen LogP contribution in [0.25, 0.3) is 5.69 Å². The zero-order valence-electron chi connectivity index (χ0n) is 17.8. The highest BCUT2D eigenvalue weighted by Gasteiger charge is 2.31. The molecule has 0 saturated heterocycles. The number of aromatic nitrogens is 1. The second kappa shape index (κ2) is 10.4. The molecule has 1 aromatic heterocycles. The zero-order valence-corrected chi connectivity index (χ0v) is 18.7. The number of hydrogen-bond acceptors (Lipinski definition) is 5. The topological polar surface area (TPSA) is 92.0 Å². The fraction of sp³-hybridized carbons (Fsp3) is 0.167. The Labute approximate surface area is 197 Å². The highest BCUT2D eigenvalue weighted by atomic mass is 32.2. The molecule has 0 aliphatic carbocycles. The Morgan fingerprint density at radius 3 is 2.50 bits per heavy atom.